The van der Waals surface area contributed by atoms with Crippen molar-refractivity contribution in [3.8, 4) is 0 Å². The second-order valence-electron chi connectivity index (χ2n) is 5.27. The molecule has 1 aromatic carbocycles. The Bertz CT molecular complexity index is 343. The van der Waals surface area contributed by atoms with E-state index in [0.717, 1.165) is 24.7 Å². The van der Waals surface area contributed by atoms with Gasteiger partial charge >= 0.3 is 0 Å². The highest BCUT2D eigenvalue weighted by molar-refractivity contribution is 5.40. The summed E-state index contributed by atoms with van der Waals surface area (Å²) in [5, 5.41) is 0. The van der Waals surface area contributed by atoms with E-state index < -0.39 is 0 Å². The van der Waals surface area contributed by atoms with Gasteiger partial charge in [-0.1, -0.05) is 31.4 Å². The predicted molar refractivity (Wildman–Crippen MR) is 74.1 cm³/mol. The van der Waals surface area contributed by atoms with Crippen LogP contribution in [-0.2, 0) is 6.42 Å². The van der Waals surface area contributed by atoms with Crippen molar-refractivity contribution in [3.63, 3.8) is 0 Å². The molecule has 1 saturated carbocycles. The smallest absolute Gasteiger partial charge is 0.0316 e. The molecule has 2 N–H and O–H groups in total. The van der Waals surface area contributed by atoms with Crippen LogP contribution in [0.15, 0.2) is 24.3 Å². The minimum Gasteiger partial charge on any atom is -0.399 e. The molecule has 0 heterocycles. The number of nitrogens with zero attached hydrogens (tertiary/aromatic N) is 1. The number of rotatable bonds is 4. The van der Waals surface area contributed by atoms with Crippen molar-refractivity contribution >= 4 is 5.69 Å². The fraction of sp³-hybridized carbons (Fsp3) is 0.600. The Labute approximate surface area is 105 Å². The fourth-order valence-electron chi connectivity index (χ4n) is 2.76. The molecule has 1 aromatic rings. The maximum absolute atomic E-state index is 5.79. The molecule has 0 unspecified atom stereocenters. The molecule has 2 nitrogen and oxygen atoms in total. The number of hydrogen-bond acceptors (Lipinski definition) is 2. The van der Waals surface area contributed by atoms with E-state index >= 15 is 0 Å². The first kappa shape index (κ1) is 12.4. The van der Waals surface area contributed by atoms with Gasteiger partial charge in [-0.2, -0.15) is 0 Å². The highest BCUT2D eigenvalue weighted by atomic mass is 15.1. The monoisotopic (exact) mass is 232 g/mol. The molecule has 0 bridgehead atoms. The van der Waals surface area contributed by atoms with Crippen molar-refractivity contribution in [2.45, 2.75) is 44.6 Å². The number of nitrogens with two attached hydrogens (primary N) is 1. The van der Waals surface area contributed by atoms with Crippen molar-refractivity contribution in [2.75, 3.05) is 19.3 Å². The lowest BCUT2D eigenvalue weighted by Gasteiger charge is -2.31. The topological polar surface area (TPSA) is 29.3 Å². The normalized spacial score (nSPS) is 17.5. The highest BCUT2D eigenvalue weighted by Crippen LogP contribution is 2.21. The lowest BCUT2D eigenvalue weighted by molar-refractivity contribution is 0.194. The van der Waals surface area contributed by atoms with Crippen LogP contribution in [0.1, 0.15) is 37.7 Å². The van der Waals surface area contributed by atoms with E-state index in [4.69, 9.17) is 5.73 Å². The number of likely N-dealkylation sites (N-methyl/N-ethyl adjacent to an activating group) is 1. The van der Waals surface area contributed by atoms with E-state index in [1.807, 2.05) is 12.1 Å². The van der Waals surface area contributed by atoms with Crippen LogP contribution in [0.3, 0.4) is 0 Å². The van der Waals surface area contributed by atoms with Crippen LogP contribution in [0.25, 0.3) is 0 Å². The van der Waals surface area contributed by atoms with Gasteiger partial charge in [0.25, 0.3) is 0 Å². The Balaban J connectivity index is 1.80. The summed E-state index contributed by atoms with van der Waals surface area (Å²) in [6.07, 6.45) is 8.12. The lowest BCUT2D eigenvalue weighted by atomic mass is 9.94. The fourth-order valence-corrected chi connectivity index (χ4v) is 2.76. The molecule has 0 amide bonds. The third-order valence-electron chi connectivity index (χ3n) is 3.90. The van der Waals surface area contributed by atoms with Crippen LogP contribution < -0.4 is 5.73 Å². The Kier molecular flexibility index (Phi) is 4.43. The van der Waals surface area contributed by atoms with E-state index in [-0.39, 0.29) is 0 Å². The second kappa shape index (κ2) is 6.06. The zero-order valence-corrected chi connectivity index (χ0v) is 10.9. The number of benzene rings is 1. The molecule has 1 aliphatic carbocycles. The first-order valence-corrected chi connectivity index (χ1v) is 6.80. The van der Waals surface area contributed by atoms with Gasteiger partial charge in [0.1, 0.15) is 0 Å². The minimum atomic E-state index is 0.810. The molecular weight excluding hydrogens is 208 g/mol. The first-order chi connectivity index (χ1) is 8.25. The quantitative estimate of drug-likeness (QED) is 0.808. The summed E-state index contributed by atoms with van der Waals surface area (Å²) in [7, 11) is 2.27. The second-order valence-corrected chi connectivity index (χ2v) is 5.27. The van der Waals surface area contributed by atoms with Gasteiger partial charge in [0.2, 0.25) is 0 Å². The standard InChI is InChI=1S/C15H24N2/c1-17(15-8-3-2-4-9-15)11-10-13-6-5-7-14(16)12-13/h5-7,12,15H,2-4,8-11,16H2,1H3. The average Bonchev–Trinajstić information content (AvgIpc) is 2.37. The van der Waals surface area contributed by atoms with Crippen molar-refractivity contribution in [1.82, 2.24) is 4.90 Å². The van der Waals surface area contributed by atoms with Crippen molar-refractivity contribution < 1.29 is 0 Å². The Morgan fingerprint density at radius 2 is 2.00 bits per heavy atom. The number of hydrogen-bond donors (Lipinski definition) is 1. The molecule has 17 heavy (non-hydrogen) atoms. The molecule has 2 heteroatoms. The lowest BCUT2D eigenvalue weighted by Crippen LogP contribution is -2.34. The van der Waals surface area contributed by atoms with Crippen LogP contribution in [0.5, 0.6) is 0 Å². The SMILES string of the molecule is CN(CCc1cccc(N)c1)C1CCCCC1. The van der Waals surface area contributed by atoms with Crippen LogP contribution in [0, 0.1) is 0 Å². The molecule has 0 aliphatic heterocycles. The molecular formula is C15H24N2. The zero-order valence-electron chi connectivity index (χ0n) is 10.9. The Morgan fingerprint density at radius 1 is 1.24 bits per heavy atom. The summed E-state index contributed by atoms with van der Waals surface area (Å²) >= 11 is 0. The van der Waals surface area contributed by atoms with Crippen molar-refractivity contribution in [3.05, 3.63) is 29.8 Å². The Morgan fingerprint density at radius 3 is 2.71 bits per heavy atom. The van der Waals surface area contributed by atoms with Crippen molar-refractivity contribution in [1.29, 1.82) is 0 Å². The average molecular weight is 232 g/mol. The number of anilines is 1. The molecule has 0 spiro atoms. The summed E-state index contributed by atoms with van der Waals surface area (Å²) in [6, 6.07) is 9.07. The van der Waals surface area contributed by atoms with Crippen LogP contribution in [-0.4, -0.2) is 24.5 Å². The molecule has 1 fully saturated rings. The Hall–Kier alpha value is -1.02. The van der Waals surface area contributed by atoms with E-state index in [1.54, 1.807) is 0 Å². The summed E-state index contributed by atoms with van der Waals surface area (Å²) in [5.74, 6) is 0. The molecule has 0 atom stereocenters. The summed E-state index contributed by atoms with van der Waals surface area (Å²) in [4.78, 5) is 2.53. The van der Waals surface area contributed by atoms with Gasteiger partial charge < -0.3 is 10.6 Å². The van der Waals surface area contributed by atoms with Crippen molar-refractivity contribution in [2.24, 2.45) is 0 Å². The van der Waals surface area contributed by atoms with Gasteiger partial charge in [0.15, 0.2) is 0 Å². The van der Waals surface area contributed by atoms with Crippen LogP contribution >= 0.6 is 0 Å². The highest BCUT2D eigenvalue weighted by Gasteiger charge is 2.17. The van der Waals surface area contributed by atoms with Gasteiger partial charge in [0, 0.05) is 18.3 Å². The van der Waals surface area contributed by atoms with Crippen LogP contribution in [0.4, 0.5) is 5.69 Å². The largest absolute Gasteiger partial charge is 0.399 e. The van der Waals surface area contributed by atoms with E-state index in [1.165, 1.54) is 37.7 Å². The summed E-state index contributed by atoms with van der Waals surface area (Å²) in [6.45, 7) is 1.15. The predicted octanol–water partition coefficient (Wildman–Crippen LogP) is 3.08. The van der Waals surface area contributed by atoms with E-state index in [2.05, 4.69) is 24.1 Å². The maximum Gasteiger partial charge on any atom is 0.0316 e. The van der Waals surface area contributed by atoms with Gasteiger partial charge in [-0.15, -0.1) is 0 Å². The summed E-state index contributed by atoms with van der Waals surface area (Å²) < 4.78 is 0. The van der Waals surface area contributed by atoms with E-state index in [9.17, 15) is 0 Å². The van der Waals surface area contributed by atoms with Crippen LogP contribution in [0.2, 0.25) is 0 Å². The molecule has 94 valence electrons. The van der Waals surface area contributed by atoms with E-state index in [0.29, 0.717) is 0 Å². The minimum absolute atomic E-state index is 0.810. The van der Waals surface area contributed by atoms with Gasteiger partial charge in [0.05, 0.1) is 0 Å². The third-order valence-corrected chi connectivity index (χ3v) is 3.90. The molecule has 0 saturated heterocycles. The molecule has 0 aromatic heterocycles. The summed E-state index contributed by atoms with van der Waals surface area (Å²) in [5.41, 5.74) is 8.03. The maximum atomic E-state index is 5.79. The van der Waals surface area contributed by atoms with Gasteiger partial charge in [-0.05, 0) is 44.0 Å². The number of nitrogen functional groups attached to an aromatic ring is 1. The first-order valence-electron chi connectivity index (χ1n) is 6.80. The molecule has 1 aliphatic rings. The molecule has 0 radical (unpaired) electrons. The van der Waals surface area contributed by atoms with Gasteiger partial charge in [-0.3, -0.25) is 0 Å². The van der Waals surface area contributed by atoms with Gasteiger partial charge in [-0.25, -0.2) is 0 Å². The zero-order chi connectivity index (χ0) is 12.1. The third kappa shape index (κ3) is 3.74. The molecule has 2 rings (SSSR count).